The molecule has 188 valence electrons. The van der Waals surface area contributed by atoms with Gasteiger partial charge in [0.2, 0.25) is 0 Å². The Balaban J connectivity index is 0. The highest BCUT2D eigenvalue weighted by molar-refractivity contribution is 7.87. The van der Waals surface area contributed by atoms with E-state index in [2.05, 4.69) is 20.2 Å². The molecule has 0 aromatic heterocycles. The van der Waals surface area contributed by atoms with E-state index in [4.69, 9.17) is 4.74 Å². The molecule has 32 heavy (non-hydrogen) atoms. The van der Waals surface area contributed by atoms with Gasteiger partial charge in [0.1, 0.15) is 22.4 Å². The van der Waals surface area contributed by atoms with Gasteiger partial charge in [-0.3, -0.25) is 14.4 Å². The molecule has 0 radical (unpaired) electrons. The quantitative estimate of drug-likeness (QED) is 0.181. The lowest BCUT2D eigenvalue weighted by Gasteiger charge is -2.23. The number of carbonyl (C=O) groups excluding carboxylic acids is 3. The summed E-state index contributed by atoms with van der Waals surface area (Å²) in [6, 6.07) is 0. The fourth-order valence-corrected chi connectivity index (χ4v) is 2.13. The van der Waals surface area contributed by atoms with Crippen molar-refractivity contribution in [3.63, 3.8) is 0 Å². The minimum atomic E-state index is -5.83. The van der Waals surface area contributed by atoms with Crippen molar-refractivity contribution in [2.75, 3.05) is 27.4 Å². The Morgan fingerprint density at radius 1 is 0.875 bits per heavy atom. The van der Waals surface area contributed by atoms with Crippen molar-refractivity contribution >= 4 is 27.8 Å². The second-order valence-corrected chi connectivity index (χ2v) is 9.05. The average Bonchev–Trinajstić information content (AvgIpc) is 3.25. The number of carbonyl (C=O) groups is 3. The van der Waals surface area contributed by atoms with Crippen molar-refractivity contribution in [1.82, 2.24) is 0 Å². The molecule has 13 heteroatoms. The maximum absolute atomic E-state index is 12.0. The molecule has 1 aliphatic heterocycles. The Hall–Kier alpha value is -2.15. The molecule has 1 rings (SSSR count). The largest absolute Gasteiger partial charge is 0.534 e. The Morgan fingerprint density at radius 3 is 1.47 bits per heavy atom. The van der Waals surface area contributed by atoms with Gasteiger partial charge >= 0.3 is 27.6 Å². The third kappa shape index (κ3) is 9.98. The van der Waals surface area contributed by atoms with Gasteiger partial charge in [-0.05, 0) is 47.5 Å². The maximum Gasteiger partial charge on any atom is 0.534 e. The number of methoxy groups -OCH3 is 2. The van der Waals surface area contributed by atoms with Crippen molar-refractivity contribution < 1.29 is 54.4 Å². The molecule has 0 bridgehead atoms. The minimum Gasteiger partial charge on any atom is -0.468 e. The first-order valence-electron chi connectivity index (χ1n) is 9.24. The van der Waals surface area contributed by atoms with Crippen molar-refractivity contribution in [2.45, 2.75) is 53.0 Å². The molecule has 0 unspecified atom stereocenters. The van der Waals surface area contributed by atoms with E-state index >= 15 is 0 Å². The van der Waals surface area contributed by atoms with Crippen LogP contribution in [0.2, 0.25) is 0 Å². The molecule has 0 N–H and O–H groups in total. The van der Waals surface area contributed by atoms with Gasteiger partial charge in [0.15, 0.2) is 0 Å². The Morgan fingerprint density at radius 2 is 1.25 bits per heavy atom. The number of Topliss-reactive ketones (excluding diaryl/α,β-unsaturated/α-hetero) is 1. The van der Waals surface area contributed by atoms with Gasteiger partial charge in [-0.1, -0.05) is 6.58 Å². The summed E-state index contributed by atoms with van der Waals surface area (Å²) in [4.78, 5) is 32.8. The molecule has 0 aliphatic carbocycles. The van der Waals surface area contributed by atoms with Gasteiger partial charge in [0.05, 0.1) is 14.2 Å². The zero-order valence-electron chi connectivity index (χ0n) is 19.3. The van der Waals surface area contributed by atoms with E-state index in [1.807, 2.05) is 0 Å². The van der Waals surface area contributed by atoms with Crippen LogP contribution in [0, 0.1) is 10.8 Å². The standard InChI is InChI=1S/C8H11F3O5S.C7H12O3.C4H8O/c1-5(7(2,3)6(12)15-4)16-17(13,14)8(9,10)11;1-5(8)7(2,3)6(9)10-4;1-2-4-5-3-1/h1H2,2-4H3;1-4H3;1-4H2. The lowest BCUT2D eigenvalue weighted by Crippen LogP contribution is -2.33. The summed E-state index contributed by atoms with van der Waals surface area (Å²) >= 11 is 0. The molecule has 0 saturated carbocycles. The highest BCUT2D eigenvalue weighted by Gasteiger charge is 2.50. The fourth-order valence-electron chi connectivity index (χ4n) is 1.56. The summed E-state index contributed by atoms with van der Waals surface area (Å²) in [6.07, 6.45) is 2.56. The molecule has 0 amide bonds. The highest BCUT2D eigenvalue weighted by Crippen LogP contribution is 2.33. The van der Waals surface area contributed by atoms with E-state index in [0.29, 0.717) is 0 Å². The minimum absolute atomic E-state index is 0.181. The summed E-state index contributed by atoms with van der Waals surface area (Å²) in [5.41, 5.74) is -8.29. The molecular weight excluding hydrogens is 461 g/mol. The Labute approximate surface area is 186 Å². The summed E-state index contributed by atoms with van der Waals surface area (Å²) < 4.78 is 74.7. The molecule has 0 aromatic rings. The Kier molecular flexibility index (Phi) is 12.8. The van der Waals surface area contributed by atoms with Crippen LogP contribution in [0.5, 0.6) is 0 Å². The number of alkyl halides is 3. The molecule has 9 nitrogen and oxygen atoms in total. The van der Waals surface area contributed by atoms with Crippen LogP contribution >= 0.6 is 0 Å². The molecule has 1 saturated heterocycles. The molecule has 1 heterocycles. The van der Waals surface area contributed by atoms with Crippen LogP contribution in [0.1, 0.15) is 47.5 Å². The Bertz CT molecular complexity index is 758. The summed E-state index contributed by atoms with van der Waals surface area (Å²) in [5.74, 6) is -2.51. The topological polar surface area (TPSA) is 122 Å². The zero-order chi connectivity index (χ0) is 26.0. The lowest BCUT2D eigenvalue weighted by atomic mass is 9.89. The number of halogens is 3. The van der Waals surface area contributed by atoms with Gasteiger partial charge in [0, 0.05) is 13.2 Å². The van der Waals surface area contributed by atoms with Gasteiger partial charge in [-0.2, -0.15) is 21.6 Å². The first-order valence-corrected chi connectivity index (χ1v) is 10.7. The van der Waals surface area contributed by atoms with E-state index in [-0.39, 0.29) is 5.78 Å². The first kappa shape index (κ1) is 32.0. The zero-order valence-corrected chi connectivity index (χ0v) is 20.1. The van der Waals surface area contributed by atoms with Crippen LogP contribution in [0.25, 0.3) is 0 Å². The number of hydrogen-bond donors (Lipinski definition) is 0. The molecule has 0 aromatic carbocycles. The predicted octanol–water partition coefficient (Wildman–Crippen LogP) is 3.14. The number of hydrogen-bond acceptors (Lipinski definition) is 9. The van der Waals surface area contributed by atoms with Gasteiger partial charge in [-0.15, -0.1) is 0 Å². The van der Waals surface area contributed by atoms with Gasteiger partial charge < -0.3 is 18.4 Å². The first-order chi connectivity index (χ1) is 14.3. The van der Waals surface area contributed by atoms with E-state index in [1.54, 1.807) is 13.8 Å². The predicted molar refractivity (Wildman–Crippen MR) is 108 cm³/mol. The monoisotopic (exact) mass is 492 g/mol. The van der Waals surface area contributed by atoms with Crippen molar-refractivity contribution in [2.24, 2.45) is 10.8 Å². The fraction of sp³-hybridized carbons (Fsp3) is 0.737. The van der Waals surface area contributed by atoms with Crippen molar-refractivity contribution in [3.8, 4) is 0 Å². The molecule has 0 spiro atoms. The number of ether oxygens (including phenoxy) is 3. The van der Waals surface area contributed by atoms with Crippen molar-refractivity contribution in [3.05, 3.63) is 12.3 Å². The second kappa shape index (κ2) is 12.8. The second-order valence-electron chi connectivity index (χ2n) is 7.52. The molecule has 1 aliphatic rings. The lowest BCUT2D eigenvalue weighted by molar-refractivity contribution is -0.155. The van der Waals surface area contributed by atoms with Crippen LogP contribution in [0.3, 0.4) is 0 Å². The van der Waals surface area contributed by atoms with E-state index in [9.17, 15) is 36.0 Å². The van der Waals surface area contributed by atoms with Gasteiger partial charge in [0.25, 0.3) is 0 Å². The SMILES string of the molecule is C1CCOC1.C=C(OS(=O)(=O)C(F)(F)F)C(C)(C)C(=O)OC.COC(=O)C(C)(C)C(C)=O. The van der Waals surface area contributed by atoms with Gasteiger partial charge in [-0.25, -0.2) is 0 Å². The van der Waals surface area contributed by atoms with Crippen LogP contribution in [-0.2, 0) is 42.9 Å². The summed E-state index contributed by atoms with van der Waals surface area (Å²) in [5, 5.41) is 0. The maximum atomic E-state index is 12.0. The number of rotatable bonds is 6. The van der Waals surface area contributed by atoms with E-state index in [0.717, 1.165) is 34.2 Å². The van der Waals surface area contributed by atoms with Crippen LogP contribution in [0.4, 0.5) is 13.2 Å². The van der Waals surface area contributed by atoms with Crippen molar-refractivity contribution in [1.29, 1.82) is 0 Å². The number of esters is 2. The number of ketones is 1. The molecule has 0 atom stereocenters. The average molecular weight is 493 g/mol. The third-order valence-electron chi connectivity index (χ3n) is 4.29. The van der Waals surface area contributed by atoms with Crippen LogP contribution in [0.15, 0.2) is 12.3 Å². The van der Waals surface area contributed by atoms with E-state index < -0.39 is 44.2 Å². The summed E-state index contributed by atoms with van der Waals surface area (Å²) in [6.45, 7) is 11.7. The summed E-state index contributed by atoms with van der Waals surface area (Å²) in [7, 11) is -3.56. The molecular formula is C19H31F3O9S. The van der Waals surface area contributed by atoms with E-state index in [1.165, 1.54) is 26.9 Å². The smallest absolute Gasteiger partial charge is 0.468 e. The normalized spacial score (nSPS) is 14.1. The van der Waals surface area contributed by atoms with Crippen LogP contribution in [-0.4, -0.2) is 59.1 Å². The van der Waals surface area contributed by atoms with Crippen LogP contribution < -0.4 is 0 Å². The molecule has 1 fully saturated rings. The third-order valence-corrected chi connectivity index (χ3v) is 5.28. The highest BCUT2D eigenvalue weighted by atomic mass is 32.2.